The SMILES string of the molecule is C=C.C=CC1=C(/C=C\C)C(C)(C)c2cc(-c3ccc4c(-c5ccccc5C)c(C=C)n(C)c4c3)ccc21.CC. The van der Waals surface area contributed by atoms with E-state index in [4.69, 9.17) is 0 Å². The van der Waals surface area contributed by atoms with Crippen molar-refractivity contribution in [1.29, 1.82) is 0 Å². The van der Waals surface area contributed by atoms with Gasteiger partial charge in [-0.25, -0.2) is 0 Å². The molecule has 1 heterocycles. The number of aromatic nitrogens is 1. The van der Waals surface area contributed by atoms with E-state index in [1.54, 1.807) is 0 Å². The second-order valence-electron chi connectivity index (χ2n) is 9.99. The minimum Gasteiger partial charge on any atom is -0.344 e. The summed E-state index contributed by atoms with van der Waals surface area (Å²) in [5.41, 5.74) is 13.8. The molecule has 1 nitrogen and oxygen atoms in total. The zero-order chi connectivity index (χ0) is 28.9. The number of aryl methyl sites for hydroxylation is 2. The van der Waals surface area contributed by atoms with Crippen LogP contribution in [0.25, 0.3) is 44.8 Å². The number of fused-ring (bicyclic) bond motifs is 2. The average molecular weight is 514 g/mol. The van der Waals surface area contributed by atoms with Crippen molar-refractivity contribution in [3.05, 3.63) is 133 Å². The Morgan fingerprint density at radius 2 is 1.46 bits per heavy atom. The summed E-state index contributed by atoms with van der Waals surface area (Å²) in [6.45, 7) is 27.1. The van der Waals surface area contributed by atoms with E-state index in [2.05, 4.69) is 138 Å². The quantitative estimate of drug-likeness (QED) is 0.234. The fraction of sp³-hybridized carbons (Fsp3) is 0.211. The Kier molecular flexibility index (Phi) is 9.20. The molecule has 0 N–H and O–H groups in total. The van der Waals surface area contributed by atoms with Crippen LogP contribution in [0.2, 0.25) is 0 Å². The molecule has 1 aromatic heterocycles. The number of hydrogen-bond donors (Lipinski definition) is 0. The molecule has 4 aromatic rings. The first kappa shape index (κ1) is 29.5. The molecule has 5 rings (SSSR count). The van der Waals surface area contributed by atoms with Crippen molar-refractivity contribution in [2.45, 2.75) is 47.0 Å². The molecule has 0 saturated heterocycles. The fourth-order valence-electron chi connectivity index (χ4n) is 5.80. The van der Waals surface area contributed by atoms with Gasteiger partial charge in [0, 0.05) is 34.6 Å². The third kappa shape index (κ3) is 4.90. The van der Waals surface area contributed by atoms with Gasteiger partial charge in [0.1, 0.15) is 0 Å². The van der Waals surface area contributed by atoms with Gasteiger partial charge >= 0.3 is 0 Å². The second-order valence-corrected chi connectivity index (χ2v) is 9.99. The van der Waals surface area contributed by atoms with Crippen LogP contribution in [-0.4, -0.2) is 4.57 Å². The lowest BCUT2D eigenvalue weighted by atomic mass is 9.80. The van der Waals surface area contributed by atoms with Gasteiger partial charge < -0.3 is 4.57 Å². The van der Waals surface area contributed by atoms with Crippen LogP contribution in [0, 0.1) is 6.92 Å². The molecular formula is C38H43N. The molecule has 200 valence electrons. The van der Waals surface area contributed by atoms with Crippen molar-refractivity contribution >= 4 is 22.6 Å². The van der Waals surface area contributed by atoms with Crippen molar-refractivity contribution in [2.75, 3.05) is 0 Å². The van der Waals surface area contributed by atoms with Crippen LogP contribution in [0.5, 0.6) is 0 Å². The van der Waals surface area contributed by atoms with Gasteiger partial charge in [0.2, 0.25) is 0 Å². The Hall–Kier alpha value is -4.10. The van der Waals surface area contributed by atoms with Gasteiger partial charge in [0.15, 0.2) is 0 Å². The van der Waals surface area contributed by atoms with Crippen LogP contribution in [0.4, 0.5) is 0 Å². The molecule has 0 spiro atoms. The molecule has 0 fully saturated rings. The van der Waals surface area contributed by atoms with E-state index < -0.39 is 0 Å². The summed E-state index contributed by atoms with van der Waals surface area (Å²) in [6, 6.07) is 22.3. The van der Waals surface area contributed by atoms with Crippen molar-refractivity contribution < 1.29 is 0 Å². The highest BCUT2D eigenvalue weighted by Gasteiger charge is 2.35. The third-order valence-electron chi connectivity index (χ3n) is 7.67. The maximum atomic E-state index is 4.14. The summed E-state index contributed by atoms with van der Waals surface area (Å²) in [7, 11) is 2.14. The molecule has 0 unspecified atom stereocenters. The summed E-state index contributed by atoms with van der Waals surface area (Å²) < 4.78 is 2.27. The number of nitrogens with zero attached hydrogens (tertiary/aromatic N) is 1. The number of hydrogen-bond acceptors (Lipinski definition) is 0. The normalized spacial score (nSPS) is 13.4. The summed E-state index contributed by atoms with van der Waals surface area (Å²) >= 11 is 0. The zero-order valence-corrected chi connectivity index (χ0v) is 24.9. The van der Waals surface area contributed by atoms with Crippen LogP contribution in [-0.2, 0) is 12.5 Å². The monoisotopic (exact) mass is 513 g/mol. The number of benzene rings is 3. The maximum absolute atomic E-state index is 4.14. The van der Waals surface area contributed by atoms with Crippen LogP contribution in [0.15, 0.2) is 111 Å². The van der Waals surface area contributed by atoms with Crippen LogP contribution < -0.4 is 0 Å². The Bertz CT molecular complexity index is 1580. The molecule has 0 aliphatic heterocycles. The number of rotatable bonds is 5. The third-order valence-corrected chi connectivity index (χ3v) is 7.67. The van der Waals surface area contributed by atoms with Crippen molar-refractivity contribution in [2.24, 2.45) is 7.05 Å². The Morgan fingerprint density at radius 3 is 2.08 bits per heavy atom. The Morgan fingerprint density at radius 1 is 0.821 bits per heavy atom. The first-order valence-electron chi connectivity index (χ1n) is 13.8. The van der Waals surface area contributed by atoms with Crippen LogP contribution >= 0.6 is 0 Å². The Balaban J connectivity index is 0.00000100. The molecule has 0 saturated carbocycles. The predicted octanol–water partition coefficient (Wildman–Crippen LogP) is 11.1. The summed E-state index contributed by atoms with van der Waals surface area (Å²) in [4.78, 5) is 0. The van der Waals surface area contributed by atoms with E-state index >= 15 is 0 Å². The van der Waals surface area contributed by atoms with Crippen LogP contribution in [0.3, 0.4) is 0 Å². The highest BCUT2D eigenvalue weighted by Crippen LogP contribution is 2.48. The minimum absolute atomic E-state index is 0.0650. The maximum Gasteiger partial charge on any atom is 0.0495 e. The summed E-state index contributed by atoms with van der Waals surface area (Å²) in [6.07, 6.45) is 8.34. The number of allylic oxidation sites excluding steroid dienone is 5. The molecule has 3 aromatic carbocycles. The summed E-state index contributed by atoms with van der Waals surface area (Å²) in [5, 5.41) is 1.26. The van der Waals surface area contributed by atoms with E-state index in [-0.39, 0.29) is 5.41 Å². The van der Waals surface area contributed by atoms with E-state index in [1.807, 2.05) is 26.0 Å². The van der Waals surface area contributed by atoms with E-state index in [9.17, 15) is 0 Å². The van der Waals surface area contributed by atoms with Gasteiger partial charge in [-0.3, -0.25) is 0 Å². The minimum atomic E-state index is -0.0650. The predicted molar refractivity (Wildman–Crippen MR) is 176 cm³/mol. The lowest BCUT2D eigenvalue weighted by Crippen LogP contribution is -2.16. The van der Waals surface area contributed by atoms with Crippen molar-refractivity contribution in [3.8, 4) is 22.3 Å². The van der Waals surface area contributed by atoms with Gasteiger partial charge in [0.25, 0.3) is 0 Å². The largest absolute Gasteiger partial charge is 0.344 e. The zero-order valence-electron chi connectivity index (χ0n) is 24.9. The first-order valence-corrected chi connectivity index (χ1v) is 13.8. The van der Waals surface area contributed by atoms with E-state index in [0.29, 0.717) is 0 Å². The second kappa shape index (κ2) is 12.2. The molecule has 1 aliphatic rings. The van der Waals surface area contributed by atoms with Crippen LogP contribution in [0.1, 0.15) is 57.0 Å². The fourth-order valence-corrected chi connectivity index (χ4v) is 5.80. The molecule has 1 aliphatic carbocycles. The van der Waals surface area contributed by atoms with Gasteiger partial charge in [-0.2, -0.15) is 0 Å². The van der Waals surface area contributed by atoms with Gasteiger partial charge in [-0.1, -0.05) is 108 Å². The van der Waals surface area contributed by atoms with Gasteiger partial charge in [-0.05, 0) is 76.6 Å². The highest BCUT2D eigenvalue weighted by molar-refractivity contribution is 6.03. The van der Waals surface area contributed by atoms with Crippen molar-refractivity contribution in [3.63, 3.8) is 0 Å². The average Bonchev–Trinajstić information content (AvgIpc) is 3.37. The first-order chi connectivity index (χ1) is 18.8. The van der Waals surface area contributed by atoms with Crippen molar-refractivity contribution in [1.82, 2.24) is 4.57 Å². The summed E-state index contributed by atoms with van der Waals surface area (Å²) in [5.74, 6) is 0. The molecule has 0 atom stereocenters. The van der Waals surface area contributed by atoms with E-state index in [1.165, 1.54) is 61.0 Å². The Labute approximate surface area is 236 Å². The van der Waals surface area contributed by atoms with Gasteiger partial charge in [-0.15, -0.1) is 13.2 Å². The highest BCUT2D eigenvalue weighted by atomic mass is 14.9. The lowest BCUT2D eigenvalue weighted by molar-refractivity contribution is 0.654. The molecular weight excluding hydrogens is 470 g/mol. The molecule has 1 heteroatoms. The molecule has 39 heavy (non-hydrogen) atoms. The topological polar surface area (TPSA) is 4.93 Å². The van der Waals surface area contributed by atoms with E-state index in [0.717, 1.165) is 5.69 Å². The van der Waals surface area contributed by atoms with Gasteiger partial charge in [0.05, 0.1) is 0 Å². The smallest absolute Gasteiger partial charge is 0.0495 e. The molecule has 0 amide bonds. The molecule has 0 radical (unpaired) electrons. The lowest BCUT2D eigenvalue weighted by Gasteiger charge is -2.23. The molecule has 0 bridgehead atoms. The standard InChI is InChI=1S/C34H33N.C2H6.C2H4/c1-8-13-29-25(9-2)27-18-16-23(20-30(27)34(29,5)6)24-17-19-28-32(21-24)35(7)31(10-3)33(28)26-15-12-11-14-22(26)4;2*1-2/h8-21H,2-3H2,1,4-7H3;1-2H3;1-2H2/b13-8-;;.